The third-order valence-electron chi connectivity index (χ3n) is 35.9. The molecule has 13 rings (SSSR count). The summed E-state index contributed by atoms with van der Waals surface area (Å²) in [6, 6.07) is -7.64. The first kappa shape index (κ1) is 122. The van der Waals surface area contributed by atoms with Gasteiger partial charge in [0.1, 0.15) is 24.2 Å². The monoisotopic (exact) mass is 2100 g/mol. The van der Waals surface area contributed by atoms with Crippen LogP contribution < -0.4 is 65.5 Å². The zero-order valence-corrected chi connectivity index (χ0v) is 95.7. The SMILES string of the molecule is CC(C)(C)NC(=O)N[C@H](C(=O)N1C[C@H]2[C@@H]([C@H]1C(=O)CC(CC1CCC1)C(=O)C(N)=O)C2(C)C)C(C)(C)C.CC(C)(C)NC(=O)N[C@H](C(=O)N1C[C@H]2[C@@H]([C@H]1C(=O)C[C@@H](CC1CCC1)C(=O)C(N)=O)C2(C)C)C(C)(C)C.CC(C)(C)NC(=O)N[C@H](C(=O)N1C[C@H]2[C@@H]([C@H]1C(=O)C[C@H](CC1CCC1)C(=O)C(N)=O)C2(C)C)C(C)(C)C.CC1(C)C2CN(C(=O)[C@@H](NC(=O)NC3CCCCC3)C(C)(C)C)[C@H](C(=O)CC(CC3CCC3)C(=O)C(N)=O)C21. The average molecular weight is 2100 g/mol. The highest BCUT2D eigenvalue weighted by atomic mass is 16.2. The van der Waals surface area contributed by atoms with E-state index in [1.807, 2.05) is 145 Å². The van der Waals surface area contributed by atoms with E-state index in [0.29, 0.717) is 75.5 Å². The number of fused-ring (bicyclic) bond motifs is 4. The third kappa shape index (κ3) is 29.5. The summed E-state index contributed by atoms with van der Waals surface area (Å²) < 4.78 is 0. The fraction of sp³-hybridized carbons (Fsp3) is 0.825. The summed E-state index contributed by atoms with van der Waals surface area (Å²) in [4.78, 5) is 266. The minimum Gasteiger partial charge on any atom is -0.363 e. The summed E-state index contributed by atoms with van der Waals surface area (Å²) in [5.74, 6) is -9.77. The highest BCUT2D eigenvalue weighted by Crippen LogP contribution is 2.69. The highest BCUT2D eigenvalue weighted by molar-refractivity contribution is 6.38. The van der Waals surface area contributed by atoms with Crippen LogP contribution in [0.15, 0.2) is 0 Å². The smallest absolute Gasteiger partial charge is 0.315 e. The Morgan fingerprint density at radius 2 is 0.453 bits per heavy atom. The molecule has 9 saturated carbocycles. The molecule has 0 bridgehead atoms. The molecule has 4 aliphatic heterocycles. The molecule has 4 heterocycles. The van der Waals surface area contributed by atoms with Gasteiger partial charge >= 0.3 is 24.1 Å². The number of nitrogens with zero attached hydrogens (tertiary/aromatic N) is 4. The molecular weight excluding hydrogens is 1910 g/mol. The van der Waals surface area contributed by atoms with Crippen LogP contribution >= 0.6 is 0 Å². The summed E-state index contributed by atoms with van der Waals surface area (Å²) in [6.45, 7) is 57.9. The summed E-state index contributed by atoms with van der Waals surface area (Å²) in [7, 11) is 0. The summed E-state index contributed by atoms with van der Waals surface area (Å²) in [5.41, 5.74) is 17.1. The number of hydrogen-bond acceptors (Lipinski definition) is 20. The molecule has 4 unspecified atom stereocenters. The second-order valence-electron chi connectivity index (χ2n) is 56.8. The normalized spacial score (nSPS) is 26.8. The van der Waals surface area contributed by atoms with Crippen molar-refractivity contribution in [3.63, 3.8) is 0 Å². The Labute approximate surface area is 890 Å². The number of piperidine rings is 4. The number of hydrogen-bond donors (Lipinski definition) is 12. The molecule has 36 heteroatoms. The third-order valence-corrected chi connectivity index (χ3v) is 35.9. The first-order chi connectivity index (χ1) is 68.7. The van der Waals surface area contributed by atoms with Crippen LogP contribution in [0.5, 0.6) is 0 Å². The van der Waals surface area contributed by atoms with Gasteiger partial charge in [0.25, 0.3) is 23.6 Å². The van der Waals surface area contributed by atoms with E-state index in [4.69, 9.17) is 22.9 Å². The van der Waals surface area contributed by atoms with Gasteiger partial charge in [-0.25, -0.2) is 19.2 Å². The van der Waals surface area contributed by atoms with Crippen LogP contribution in [0.25, 0.3) is 0 Å². The van der Waals surface area contributed by atoms with E-state index < -0.39 is 175 Å². The molecule has 13 fully saturated rings. The van der Waals surface area contributed by atoms with E-state index in [1.165, 1.54) is 6.42 Å². The van der Waals surface area contributed by atoms with E-state index in [9.17, 15) is 95.9 Å². The number of amides is 16. The quantitative estimate of drug-likeness (QED) is 0.0257. The van der Waals surface area contributed by atoms with Crippen molar-refractivity contribution in [2.75, 3.05) is 26.2 Å². The van der Waals surface area contributed by atoms with Crippen molar-refractivity contribution >= 4 is 118 Å². The molecule has 150 heavy (non-hydrogen) atoms. The maximum absolute atomic E-state index is 14.1. The summed E-state index contributed by atoms with van der Waals surface area (Å²) in [6.07, 6.45) is 19.0. The number of urea groups is 4. The lowest BCUT2D eigenvalue weighted by Gasteiger charge is -2.38. The number of ketones is 8. The Bertz CT molecular complexity index is 4740. The lowest BCUT2D eigenvalue weighted by Crippen LogP contribution is -2.60. The van der Waals surface area contributed by atoms with Gasteiger partial charge in [0.15, 0.2) is 23.1 Å². The van der Waals surface area contributed by atoms with Crippen LogP contribution in [0.4, 0.5) is 19.2 Å². The van der Waals surface area contributed by atoms with Crippen LogP contribution in [0.3, 0.4) is 0 Å². The number of likely N-dealkylation sites (tertiary alicyclic amines) is 4. The second kappa shape index (κ2) is 46.1. The van der Waals surface area contributed by atoms with Gasteiger partial charge in [0, 0.05) is 98.2 Å². The van der Waals surface area contributed by atoms with E-state index in [-0.39, 0.29) is 154 Å². The molecule has 842 valence electrons. The van der Waals surface area contributed by atoms with Crippen molar-refractivity contribution < 1.29 is 95.9 Å². The van der Waals surface area contributed by atoms with Crippen molar-refractivity contribution in [1.29, 1.82) is 0 Å². The minimum absolute atomic E-state index is 0.00123. The molecule has 16 amide bonds. The fourth-order valence-electron chi connectivity index (χ4n) is 25.8. The van der Waals surface area contributed by atoms with Gasteiger partial charge in [-0.2, -0.15) is 0 Å². The summed E-state index contributed by atoms with van der Waals surface area (Å²) >= 11 is 0. The fourth-order valence-corrected chi connectivity index (χ4v) is 25.8. The number of carbonyl (C=O) groups is 20. The first-order valence-corrected chi connectivity index (χ1v) is 55.7. The van der Waals surface area contributed by atoms with E-state index in [1.54, 1.807) is 19.6 Å². The van der Waals surface area contributed by atoms with Gasteiger partial charge in [0.2, 0.25) is 46.8 Å². The van der Waals surface area contributed by atoms with Crippen molar-refractivity contribution in [2.24, 2.45) is 161 Å². The molecular formula is C114H186N16O20. The van der Waals surface area contributed by atoms with Crippen LogP contribution in [-0.4, -0.2) is 234 Å². The first-order valence-electron chi connectivity index (χ1n) is 55.7. The number of Topliss-reactive ketones (excluding diaryl/α,β-unsaturated/α-hetero) is 8. The molecule has 9 aliphatic carbocycles. The molecule has 0 aromatic heterocycles. The molecule has 4 saturated heterocycles. The highest BCUT2D eigenvalue weighted by Gasteiger charge is 2.74. The predicted octanol–water partition coefficient (Wildman–Crippen LogP) is 11.7. The standard InChI is InChI=1S/C30H48N4O5.3C28H46N4O5/c1-29(2,3)25(33-28(39)32-19-12-7-6-8-13-19)27(38)34-16-20-22(30(20,4)5)23(34)21(35)15-18(24(36)26(31)37)14-17-10-9-11-17;3*1-26(2,3)22(30-25(37)31-27(4,5)6)24(36)32-14-17-19(28(17,7)8)20(32)18(33)13-16(21(34)23(29)35)12-15-10-9-11-15/h17-20,22-23,25H,6-16H2,1-5H3,(H2,31,37)(H2,32,33,39);3*15-17,19-20,22H,9-14H2,1-8H3,(H2,29,35)(H2,30,31,37)/t18?,20?,22?,23-,25-;16?,17-,19-,20+,22+;16-,17+,19+,20-,22-;16-,17-,19-,20+,22+/m1010/s1. The number of nitrogens with two attached hydrogens (primary N) is 4. The Balaban J connectivity index is 0.000000204. The van der Waals surface area contributed by atoms with Gasteiger partial charge in [-0.15, -0.1) is 0 Å². The topological polar surface area (TPSA) is 555 Å². The van der Waals surface area contributed by atoms with Crippen LogP contribution in [0, 0.1) is 138 Å². The summed E-state index contributed by atoms with van der Waals surface area (Å²) in [5, 5.41) is 23.0. The van der Waals surface area contributed by atoms with Gasteiger partial charge in [-0.1, -0.05) is 235 Å². The number of nitrogens with one attached hydrogen (secondary N) is 8. The Kier molecular flexibility index (Phi) is 37.5. The Hall–Kier alpha value is -9.80. The number of primary amides is 4. The van der Waals surface area contributed by atoms with Crippen molar-refractivity contribution in [3.05, 3.63) is 0 Å². The molecule has 20 atom stereocenters. The van der Waals surface area contributed by atoms with E-state index >= 15 is 0 Å². The van der Waals surface area contributed by atoms with Crippen molar-refractivity contribution in [2.45, 2.75) is 432 Å². The molecule has 0 spiro atoms. The maximum Gasteiger partial charge on any atom is 0.315 e. The number of carbonyl (C=O) groups excluding carboxylic acids is 20. The predicted molar refractivity (Wildman–Crippen MR) is 568 cm³/mol. The van der Waals surface area contributed by atoms with Gasteiger partial charge in [-0.05, 0) is 215 Å². The molecule has 13 aliphatic rings. The zero-order valence-electron chi connectivity index (χ0n) is 95.7. The number of rotatable bonds is 37. The molecule has 0 aromatic carbocycles. The van der Waals surface area contributed by atoms with Crippen LogP contribution in [-0.2, 0) is 76.7 Å². The van der Waals surface area contributed by atoms with Crippen molar-refractivity contribution in [1.82, 2.24) is 62.1 Å². The molecule has 36 nitrogen and oxygen atoms in total. The second-order valence-corrected chi connectivity index (χ2v) is 56.8. The van der Waals surface area contributed by atoms with Gasteiger partial charge < -0.3 is 85.1 Å². The molecule has 0 radical (unpaired) electrons. The molecule has 0 aromatic rings. The molecule has 16 N–H and O–H groups in total. The van der Waals surface area contributed by atoms with Gasteiger partial charge in [0.05, 0.1) is 24.2 Å². The Morgan fingerprint density at radius 3 is 0.613 bits per heavy atom. The minimum atomic E-state index is -1.01. The van der Waals surface area contributed by atoms with Gasteiger partial charge in [-0.3, -0.25) is 76.7 Å². The van der Waals surface area contributed by atoms with E-state index in [2.05, 4.69) is 97.9 Å². The van der Waals surface area contributed by atoms with Crippen LogP contribution in [0.1, 0.15) is 361 Å². The maximum atomic E-state index is 14.1. The van der Waals surface area contributed by atoms with E-state index in [0.717, 1.165) is 103 Å². The largest absolute Gasteiger partial charge is 0.363 e. The zero-order chi connectivity index (χ0) is 113. The lowest BCUT2D eigenvalue weighted by atomic mass is 9.76. The van der Waals surface area contributed by atoms with Crippen molar-refractivity contribution in [3.8, 4) is 0 Å². The lowest BCUT2D eigenvalue weighted by molar-refractivity contribution is -0.145. The van der Waals surface area contributed by atoms with Crippen LogP contribution in [0.2, 0.25) is 0 Å². The Morgan fingerprint density at radius 1 is 0.267 bits per heavy atom. The average Bonchev–Trinajstić information content (AvgIpc) is 1.54.